The first kappa shape index (κ1) is 24.2. The monoisotopic (exact) mass is 315 g/mol. The molecule has 22 heavy (non-hydrogen) atoms. The lowest BCUT2D eigenvalue weighted by atomic mass is 10.0. The summed E-state index contributed by atoms with van der Waals surface area (Å²) < 4.78 is 1.38. The summed E-state index contributed by atoms with van der Waals surface area (Å²) in [5, 5.41) is 0. The van der Waals surface area contributed by atoms with Gasteiger partial charge in [-0.15, -0.1) is 0 Å². The summed E-state index contributed by atoms with van der Waals surface area (Å²) in [6, 6.07) is 0. The lowest BCUT2D eigenvalue weighted by Crippen LogP contribution is -2.52. The van der Waals surface area contributed by atoms with Gasteiger partial charge in [0.2, 0.25) is 0 Å². The second kappa shape index (κ2) is 12.4. The van der Waals surface area contributed by atoms with Crippen LogP contribution in [-0.4, -0.2) is 36.1 Å². The van der Waals surface area contributed by atoms with Gasteiger partial charge < -0.3 is 9.96 Å². The number of nitrogens with zero attached hydrogens (tertiary/aromatic N) is 1. The van der Waals surface area contributed by atoms with Gasteiger partial charge in [0.1, 0.15) is 0 Å². The van der Waals surface area contributed by atoms with Gasteiger partial charge in [-0.05, 0) is 49.4 Å². The second-order valence-electron chi connectivity index (χ2n) is 8.97. The van der Waals surface area contributed by atoms with Crippen molar-refractivity contribution in [2.24, 2.45) is 23.7 Å². The molecular formula is C20H45NO. The van der Waals surface area contributed by atoms with Crippen LogP contribution in [0.3, 0.4) is 0 Å². The minimum Gasteiger partial charge on any atom is -0.870 e. The van der Waals surface area contributed by atoms with Crippen LogP contribution < -0.4 is 0 Å². The Kier molecular flexibility index (Phi) is 13.6. The lowest BCUT2D eigenvalue weighted by Gasteiger charge is -2.41. The quantitative estimate of drug-likeness (QED) is 0.418. The van der Waals surface area contributed by atoms with Crippen molar-refractivity contribution in [3.8, 4) is 0 Å². The maximum Gasteiger partial charge on any atom is 0.0789 e. The largest absolute Gasteiger partial charge is 0.870 e. The molecule has 0 aromatic carbocycles. The standard InChI is InChI=1S/C20H44N.H2O/c1-17(2)9-13-21(14-10-18(3)4,15-11-19(5)6)16-12-20(7)8;/h17-20H,9-16H2,1-8H3;1H2/q+1;/p-1. The van der Waals surface area contributed by atoms with E-state index in [-0.39, 0.29) is 5.48 Å². The molecule has 2 nitrogen and oxygen atoms in total. The van der Waals surface area contributed by atoms with Gasteiger partial charge >= 0.3 is 0 Å². The molecule has 0 aromatic heterocycles. The van der Waals surface area contributed by atoms with Crippen molar-refractivity contribution in [3.63, 3.8) is 0 Å². The van der Waals surface area contributed by atoms with E-state index in [4.69, 9.17) is 0 Å². The average Bonchev–Trinajstić information content (AvgIpc) is 2.36. The molecule has 0 saturated carbocycles. The minimum atomic E-state index is 0. The Hall–Kier alpha value is -0.0800. The second-order valence-corrected chi connectivity index (χ2v) is 8.97. The number of quaternary nitrogens is 1. The highest BCUT2D eigenvalue weighted by atomic mass is 16.0. The summed E-state index contributed by atoms with van der Waals surface area (Å²) in [5.74, 6) is 3.33. The van der Waals surface area contributed by atoms with E-state index in [1.807, 2.05) is 0 Å². The highest BCUT2D eigenvalue weighted by molar-refractivity contribution is 4.56. The van der Waals surface area contributed by atoms with Gasteiger partial charge in [0, 0.05) is 0 Å². The molecule has 0 atom stereocenters. The van der Waals surface area contributed by atoms with Crippen LogP contribution >= 0.6 is 0 Å². The first-order chi connectivity index (χ1) is 9.67. The van der Waals surface area contributed by atoms with Crippen LogP contribution in [0.1, 0.15) is 81.1 Å². The van der Waals surface area contributed by atoms with E-state index in [1.165, 1.54) is 56.3 Å². The zero-order chi connectivity index (χ0) is 16.5. The molecule has 0 fully saturated rings. The third kappa shape index (κ3) is 12.5. The summed E-state index contributed by atoms with van der Waals surface area (Å²) in [6.45, 7) is 24.6. The fourth-order valence-electron chi connectivity index (χ4n) is 2.80. The molecule has 0 unspecified atom stereocenters. The molecule has 136 valence electrons. The van der Waals surface area contributed by atoms with Crippen LogP contribution in [0.15, 0.2) is 0 Å². The summed E-state index contributed by atoms with van der Waals surface area (Å²) in [6.07, 6.45) is 5.53. The highest BCUT2D eigenvalue weighted by Gasteiger charge is 2.27. The van der Waals surface area contributed by atoms with Crippen LogP contribution in [0, 0.1) is 23.7 Å². The van der Waals surface area contributed by atoms with E-state index in [9.17, 15) is 0 Å². The van der Waals surface area contributed by atoms with E-state index < -0.39 is 0 Å². The fraction of sp³-hybridized carbons (Fsp3) is 1.00. The maximum atomic E-state index is 2.38. The lowest BCUT2D eigenvalue weighted by molar-refractivity contribution is -0.930. The molecule has 0 radical (unpaired) electrons. The zero-order valence-corrected chi connectivity index (χ0v) is 16.9. The summed E-state index contributed by atoms with van der Waals surface area (Å²) in [4.78, 5) is 0. The maximum absolute atomic E-state index is 2.38. The first-order valence-electron chi connectivity index (χ1n) is 9.52. The van der Waals surface area contributed by atoms with Gasteiger partial charge in [0.05, 0.1) is 26.2 Å². The summed E-state index contributed by atoms with van der Waals surface area (Å²) >= 11 is 0. The van der Waals surface area contributed by atoms with E-state index in [0.29, 0.717) is 0 Å². The Morgan fingerprint density at radius 3 is 0.773 bits per heavy atom. The van der Waals surface area contributed by atoms with E-state index in [1.54, 1.807) is 0 Å². The SMILES string of the molecule is CC(C)CC[N+](CCC(C)C)(CCC(C)C)CCC(C)C.[OH-]. The van der Waals surface area contributed by atoms with Crippen LogP contribution in [0.2, 0.25) is 0 Å². The molecule has 0 aliphatic rings. The van der Waals surface area contributed by atoms with Crippen LogP contribution in [0.4, 0.5) is 0 Å². The van der Waals surface area contributed by atoms with Crippen molar-refractivity contribution in [3.05, 3.63) is 0 Å². The van der Waals surface area contributed by atoms with Gasteiger partial charge in [0.25, 0.3) is 0 Å². The van der Waals surface area contributed by atoms with Crippen molar-refractivity contribution in [2.45, 2.75) is 81.1 Å². The van der Waals surface area contributed by atoms with Gasteiger partial charge in [-0.25, -0.2) is 0 Å². The zero-order valence-electron chi connectivity index (χ0n) is 16.9. The number of hydrogen-bond donors (Lipinski definition) is 0. The number of hydrogen-bond acceptors (Lipinski definition) is 1. The Balaban J connectivity index is 0. The molecule has 0 bridgehead atoms. The first-order valence-corrected chi connectivity index (χ1v) is 9.52. The van der Waals surface area contributed by atoms with Crippen molar-refractivity contribution < 1.29 is 9.96 Å². The van der Waals surface area contributed by atoms with Crippen LogP contribution in [0.25, 0.3) is 0 Å². The average molecular weight is 316 g/mol. The summed E-state index contributed by atoms with van der Waals surface area (Å²) in [7, 11) is 0. The van der Waals surface area contributed by atoms with Gasteiger partial charge in [0.15, 0.2) is 0 Å². The molecule has 1 N–H and O–H groups in total. The van der Waals surface area contributed by atoms with Crippen molar-refractivity contribution in [1.82, 2.24) is 0 Å². The smallest absolute Gasteiger partial charge is 0.0789 e. The van der Waals surface area contributed by atoms with Gasteiger partial charge in [-0.1, -0.05) is 55.4 Å². The third-order valence-corrected chi connectivity index (χ3v) is 4.72. The number of rotatable bonds is 12. The van der Waals surface area contributed by atoms with Crippen molar-refractivity contribution in [1.29, 1.82) is 0 Å². The predicted molar refractivity (Wildman–Crippen MR) is 99.5 cm³/mol. The van der Waals surface area contributed by atoms with Crippen LogP contribution in [0.5, 0.6) is 0 Å². The van der Waals surface area contributed by atoms with E-state index in [0.717, 1.165) is 23.7 Å². The van der Waals surface area contributed by atoms with Crippen molar-refractivity contribution in [2.75, 3.05) is 26.2 Å². The topological polar surface area (TPSA) is 30.0 Å². The molecule has 0 saturated heterocycles. The molecular weight excluding hydrogens is 270 g/mol. The van der Waals surface area contributed by atoms with Gasteiger partial charge in [-0.3, -0.25) is 0 Å². The normalized spacial score (nSPS) is 12.5. The molecule has 0 aliphatic heterocycles. The fourth-order valence-corrected chi connectivity index (χ4v) is 2.80. The Morgan fingerprint density at radius 2 is 0.636 bits per heavy atom. The van der Waals surface area contributed by atoms with Gasteiger partial charge in [-0.2, -0.15) is 0 Å². The molecule has 0 amide bonds. The van der Waals surface area contributed by atoms with E-state index in [2.05, 4.69) is 55.4 Å². The minimum absolute atomic E-state index is 0. The molecule has 0 aliphatic carbocycles. The molecule has 0 spiro atoms. The molecule has 0 heterocycles. The van der Waals surface area contributed by atoms with Crippen molar-refractivity contribution >= 4 is 0 Å². The molecule has 0 rings (SSSR count). The molecule has 0 aromatic rings. The third-order valence-electron chi connectivity index (χ3n) is 4.72. The predicted octanol–water partition coefficient (Wildman–Crippen LogP) is 5.81. The van der Waals surface area contributed by atoms with Crippen LogP contribution in [-0.2, 0) is 0 Å². The molecule has 2 heteroatoms. The highest BCUT2D eigenvalue weighted by Crippen LogP contribution is 2.21. The Bertz CT molecular complexity index is 193. The Labute approximate surface area is 141 Å². The Morgan fingerprint density at radius 1 is 0.455 bits per heavy atom. The van der Waals surface area contributed by atoms with E-state index >= 15 is 0 Å². The summed E-state index contributed by atoms with van der Waals surface area (Å²) in [5.41, 5.74) is 0.